The Morgan fingerprint density at radius 2 is 1.88 bits per heavy atom. The lowest BCUT2D eigenvalue weighted by atomic mass is 9.94. The first-order valence-corrected chi connectivity index (χ1v) is 9.95. The molecule has 0 aliphatic carbocycles. The predicted molar refractivity (Wildman–Crippen MR) is 95.1 cm³/mol. The van der Waals surface area contributed by atoms with Crippen LogP contribution in [0.15, 0.2) is 24.3 Å². The average Bonchev–Trinajstić information content (AvgIpc) is 2.51. The number of amides is 1. The fourth-order valence-corrected chi connectivity index (χ4v) is 3.37. The van der Waals surface area contributed by atoms with Gasteiger partial charge in [-0.05, 0) is 24.6 Å². The van der Waals surface area contributed by atoms with Crippen molar-refractivity contribution in [3.63, 3.8) is 0 Å². The maximum atomic E-state index is 12.3. The van der Waals surface area contributed by atoms with Crippen molar-refractivity contribution in [3.8, 4) is 0 Å². The molecule has 1 aliphatic rings. The molecule has 1 heterocycles. The predicted octanol–water partition coefficient (Wildman–Crippen LogP) is 0.783. The van der Waals surface area contributed by atoms with E-state index in [-0.39, 0.29) is 24.9 Å². The number of carbonyl (C=O) groups excluding carboxylic acids is 1. The smallest absolute Gasteiger partial charge is 0.223 e. The minimum Gasteiger partial charge on any atom is -0.344 e. The van der Waals surface area contributed by atoms with Crippen molar-refractivity contribution in [2.75, 3.05) is 40.5 Å². The van der Waals surface area contributed by atoms with Crippen LogP contribution in [0.3, 0.4) is 0 Å². The number of fused-ring (bicyclic) bond motifs is 1. The highest BCUT2D eigenvalue weighted by Crippen LogP contribution is 2.22. The molecule has 0 saturated heterocycles. The van der Waals surface area contributed by atoms with Gasteiger partial charge in [0.1, 0.15) is 0 Å². The van der Waals surface area contributed by atoms with Crippen LogP contribution in [0.5, 0.6) is 0 Å². The second kappa shape index (κ2) is 7.63. The number of hydrogen-bond donors (Lipinski definition) is 0. The topological polar surface area (TPSA) is 60.9 Å². The summed E-state index contributed by atoms with van der Waals surface area (Å²) >= 11 is 0. The molecule has 0 bridgehead atoms. The quantitative estimate of drug-likeness (QED) is 0.758. The number of carbonyl (C=O) groups is 1. The summed E-state index contributed by atoms with van der Waals surface area (Å²) in [6.45, 7) is 1.75. The Labute approximate surface area is 145 Å². The van der Waals surface area contributed by atoms with Gasteiger partial charge < -0.3 is 4.90 Å². The van der Waals surface area contributed by atoms with Gasteiger partial charge >= 0.3 is 0 Å². The molecule has 2 rings (SSSR count). The SMILES string of the molecule is CN(C[C@@H]1Cc2ccccc2CN1C)C(=O)CCN(C)S(C)(=O)=O. The summed E-state index contributed by atoms with van der Waals surface area (Å²) in [6.07, 6.45) is 2.27. The minimum atomic E-state index is -3.24. The van der Waals surface area contributed by atoms with Crippen molar-refractivity contribution in [2.45, 2.75) is 25.4 Å². The Morgan fingerprint density at radius 3 is 2.50 bits per heavy atom. The zero-order valence-corrected chi connectivity index (χ0v) is 15.7. The van der Waals surface area contributed by atoms with E-state index >= 15 is 0 Å². The number of nitrogens with zero attached hydrogens (tertiary/aromatic N) is 3. The minimum absolute atomic E-state index is 0.0299. The van der Waals surface area contributed by atoms with Gasteiger partial charge in [0.15, 0.2) is 0 Å². The molecule has 0 radical (unpaired) electrons. The molecule has 134 valence electrons. The van der Waals surface area contributed by atoms with E-state index in [1.54, 1.807) is 11.9 Å². The van der Waals surface area contributed by atoms with E-state index in [0.29, 0.717) is 6.54 Å². The first kappa shape index (κ1) is 18.9. The monoisotopic (exact) mass is 353 g/mol. The zero-order chi connectivity index (χ0) is 17.9. The maximum Gasteiger partial charge on any atom is 0.223 e. The molecule has 7 heteroatoms. The van der Waals surface area contributed by atoms with Crippen molar-refractivity contribution >= 4 is 15.9 Å². The van der Waals surface area contributed by atoms with Crippen LogP contribution in [0.2, 0.25) is 0 Å². The van der Waals surface area contributed by atoms with Crippen LogP contribution in [0, 0.1) is 0 Å². The molecule has 1 amide bonds. The Bertz CT molecular complexity index is 690. The fourth-order valence-electron chi connectivity index (χ4n) is 2.95. The highest BCUT2D eigenvalue weighted by atomic mass is 32.2. The highest BCUT2D eigenvalue weighted by Gasteiger charge is 2.25. The number of sulfonamides is 1. The molecule has 0 saturated carbocycles. The van der Waals surface area contributed by atoms with Gasteiger partial charge in [-0.15, -0.1) is 0 Å². The lowest BCUT2D eigenvalue weighted by Gasteiger charge is -2.36. The molecular weight excluding hydrogens is 326 g/mol. The molecule has 1 aromatic carbocycles. The van der Waals surface area contributed by atoms with Gasteiger partial charge in [0, 0.05) is 46.2 Å². The lowest BCUT2D eigenvalue weighted by molar-refractivity contribution is -0.130. The van der Waals surface area contributed by atoms with Crippen molar-refractivity contribution in [1.82, 2.24) is 14.1 Å². The van der Waals surface area contributed by atoms with E-state index in [9.17, 15) is 13.2 Å². The van der Waals surface area contributed by atoms with Gasteiger partial charge in [0.2, 0.25) is 15.9 Å². The van der Waals surface area contributed by atoms with E-state index < -0.39 is 10.0 Å². The van der Waals surface area contributed by atoms with Crippen molar-refractivity contribution in [3.05, 3.63) is 35.4 Å². The van der Waals surface area contributed by atoms with Gasteiger partial charge in [-0.3, -0.25) is 9.69 Å². The Kier molecular flexibility index (Phi) is 6.01. The van der Waals surface area contributed by atoms with Crippen LogP contribution >= 0.6 is 0 Å². The Hall–Kier alpha value is -1.44. The first-order valence-electron chi connectivity index (χ1n) is 8.10. The average molecular weight is 353 g/mol. The van der Waals surface area contributed by atoms with Gasteiger partial charge in [0.05, 0.1) is 6.26 Å². The standard InChI is InChI=1S/C17H27N3O3S/c1-18-12-15-8-6-5-7-14(15)11-16(18)13-19(2)17(21)9-10-20(3)24(4,22)23/h5-8,16H,9-13H2,1-4H3/t16-/m0/s1. The summed E-state index contributed by atoms with van der Waals surface area (Å²) in [4.78, 5) is 16.3. The molecule has 0 spiro atoms. The summed E-state index contributed by atoms with van der Waals surface area (Å²) in [5.41, 5.74) is 2.69. The third-order valence-corrected chi connectivity index (χ3v) is 6.05. The highest BCUT2D eigenvalue weighted by molar-refractivity contribution is 7.88. The van der Waals surface area contributed by atoms with Crippen LogP contribution in [-0.4, -0.2) is 75.0 Å². The van der Waals surface area contributed by atoms with E-state index in [1.807, 2.05) is 0 Å². The summed E-state index contributed by atoms with van der Waals surface area (Å²) in [6, 6.07) is 8.69. The van der Waals surface area contributed by atoms with E-state index in [4.69, 9.17) is 0 Å². The summed E-state index contributed by atoms with van der Waals surface area (Å²) in [5, 5.41) is 0. The molecule has 0 fully saturated rings. The number of likely N-dealkylation sites (N-methyl/N-ethyl adjacent to an activating group) is 2. The van der Waals surface area contributed by atoms with Crippen molar-refractivity contribution in [1.29, 1.82) is 0 Å². The van der Waals surface area contributed by atoms with E-state index in [0.717, 1.165) is 19.2 Å². The number of benzene rings is 1. The van der Waals surface area contributed by atoms with Crippen LogP contribution in [0.25, 0.3) is 0 Å². The first-order chi connectivity index (χ1) is 11.2. The van der Waals surface area contributed by atoms with Gasteiger partial charge in [0.25, 0.3) is 0 Å². The molecule has 1 aromatic rings. The van der Waals surface area contributed by atoms with Crippen LogP contribution in [0.4, 0.5) is 0 Å². The molecule has 0 aromatic heterocycles. The number of hydrogen-bond acceptors (Lipinski definition) is 4. The van der Waals surface area contributed by atoms with Crippen LogP contribution in [-0.2, 0) is 27.8 Å². The van der Waals surface area contributed by atoms with E-state index in [2.05, 4.69) is 36.2 Å². The molecule has 1 atom stereocenters. The Balaban J connectivity index is 1.90. The molecule has 24 heavy (non-hydrogen) atoms. The molecular formula is C17H27N3O3S. The van der Waals surface area contributed by atoms with Gasteiger partial charge in [-0.25, -0.2) is 12.7 Å². The second-order valence-corrected chi connectivity index (χ2v) is 8.74. The zero-order valence-electron chi connectivity index (χ0n) is 14.9. The van der Waals surface area contributed by atoms with Crippen molar-refractivity contribution in [2.24, 2.45) is 0 Å². The number of rotatable bonds is 6. The Morgan fingerprint density at radius 1 is 1.25 bits per heavy atom. The van der Waals surface area contributed by atoms with Crippen LogP contribution in [0.1, 0.15) is 17.5 Å². The van der Waals surface area contributed by atoms with Gasteiger partial charge in [-0.1, -0.05) is 24.3 Å². The van der Waals surface area contributed by atoms with Crippen molar-refractivity contribution < 1.29 is 13.2 Å². The molecule has 1 aliphatic heterocycles. The van der Waals surface area contributed by atoms with E-state index in [1.165, 1.54) is 22.5 Å². The second-order valence-electron chi connectivity index (χ2n) is 6.65. The third-order valence-electron chi connectivity index (χ3n) is 4.73. The molecule has 6 nitrogen and oxygen atoms in total. The summed E-state index contributed by atoms with van der Waals surface area (Å²) < 4.78 is 24.0. The fraction of sp³-hybridized carbons (Fsp3) is 0.588. The summed E-state index contributed by atoms with van der Waals surface area (Å²) in [7, 11) is 2.12. The van der Waals surface area contributed by atoms with Crippen LogP contribution < -0.4 is 0 Å². The molecule has 0 N–H and O–H groups in total. The summed E-state index contributed by atoms with van der Waals surface area (Å²) in [5.74, 6) is -0.0299. The molecule has 0 unspecified atom stereocenters. The maximum absolute atomic E-state index is 12.3. The largest absolute Gasteiger partial charge is 0.344 e. The van der Waals surface area contributed by atoms with Gasteiger partial charge in [-0.2, -0.15) is 0 Å². The third kappa shape index (κ3) is 4.78. The lowest BCUT2D eigenvalue weighted by Crippen LogP contribution is -2.46. The normalized spacial score (nSPS) is 18.5.